The molecule has 2 aromatic carbocycles. The van der Waals surface area contributed by atoms with Gasteiger partial charge in [0.1, 0.15) is 0 Å². The Balaban J connectivity index is 2.18. The van der Waals surface area contributed by atoms with Gasteiger partial charge in [-0.3, -0.25) is 13.9 Å². The second kappa shape index (κ2) is 4.63. The minimum absolute atomic E-state index is 0.117. The van der Waals surface area contributed by atoms with Crippen molar-refractivity contribution in [2.75, 3.05) is 5.73 Å². The van der Waals surface area contributed by atoms with Gasteiger partial charge in [0.2, 0.25) is 0 Å². The molecule has 106 valence electrons. The van der Waals surface area contributed by atoms with Crippen LogP contribution >= 0.6 is 0 Å². The summed E-state index contributed by atoms with van der Waals surface area (Å²) in [5.41, 5.74) is 8.68. The van der Waals surface area contributed by atoms with Crippen LogP contribution in [0.15, 0.2) is 47.3 Å². The summed E-state index contributed by atoms with van der Waals surface area (Å²) in [5, 5.41) is 0. The van der Waals surface area contributed by atoms with Crippen LogP contribution in [0.4, 0.5) is 5.69 Å². The molecule has 0 radical (unpaired) electrons. The highest BCUT2D eigenvalue weighted by atomic mass is 16.1. The predicted octanol–water partition coefficient (Wildman–Crippen LogP) is 1.69. The number of aromatic nitrogens is 2. The second-order valence-electron chi connectivity index (χ2n) is 5.02. The highest BCUT2D eigenvalue weighted by molar-refractivity contribution is 6.13. The van der Waals surface area contributed by atoms with Crippen molar-refractivity contribution < 1.29 is 4.79 Å². The van der Waals surface area contributed by atoms with Crippen LogP contribution in [0, 0.1) is 0 Å². The lowest BCUT2D eigenvalue weighted by Gasteiger charge is -2.05. The largest absolute Gasteiger partial charge is 0.398 e. The van der Waals surface area contributed by atoms with Crippen LogP contribution in [0.25, 0.3) is 11.0 Å². The maximum atomic E-state index is 12.5. The number of hydrogen-bond acceptors (Lipinski definition) is 3. The zero-order chi connectivity index (χ0) is 15.1. The molecule has 0 saturated heterocycles. The van der Waals surface area contributed by atoms with Crippen LogP contribution in [-0.2, 0) is 14.1 Å². The minimum Gasteiger partial charge on any atom is -0.398 e. The van der Waals surface area contributed by atoms with E-state index in [4.69, 9.17) is 5.73 Å². The van der Waals surface area contributed by atoms with Gasteiger partial charge in [-0.15, -0.1) is 0 Å². The molecule has 0 aliphatic heterocycles. The van der Waals surface area contributed by atoms with Crippen molar-refractivity contribution in [3.63, 3.8) is 0 Å². The molecule has 0 unspecified atom stereocenters. The Labute approximate surface area is 121 Å². The van der Waals surface area contributed by atoms with E-state index in [1.165, 1.54) is 4.57 Å². The van der Waals surface area contributed by atoms with Crippen molar-refractivity contribution in [3.8, 4) is 0 Å². The van der Waals surface area contributed by atoms with Crippen molar-refractivity contribution in [1.82, 2.24) is 9.13 Å². The van der Waals surface area contributed by atoms with Gasteiger partial charge in [0.25, 0.3) is 0 Å². The van der Waals surface area contributed by atoms with Crippen LogP contribution in [0.5, 0.6) is 0 Å². The quantitative estimate of drug-likeness (QED) is 0.574. The van der Waals surface area contributed by atoms with Gasteiger partial charge >= 0.3 is 5.69 Å². The first-order valence-electron chi connectivity index (χ1n) is 6.55. The fourth-order valence-corrected chi connectivity index (χ4v) is 2.51. The zero-order valence-electron chi connectivity index (χ0n) is 11.8. The number of carbonyl (C=O) groups is 1. The lowest BCUT2D eigenvalue weighted by atomic mass is 10.0. The number of hydrogen-bond donors (Lipinski definition) is 1. The number of nitrogen functional groups attached to an aromatic ring is 1. The first-order chi connectivity index (χ1) is 10.0. The maximum absolute atomic E-state index is 12.5. The Morgan fingerprint density at radius 3 is 2.38 bits per heavy atom. The molecule has 1 aromatic heterocycles. The SMILES string of the molecule is Cn1c(=O)n(C)c2cc(C(=O)c3ccccc3N)ccc21. The highest BCUT2D eigenvalue weighted by Gasteiger charge is 2.15. The molecule has 0 aliphatic carbocycles. The van der Waals surface area contributed by atoms with E-state index in [0.717, 1.165) is 11.0 Å². The van der Waals surface area contributed by atoms with E-state index < -0.39 is 0 Å². The van der Waals surface area contributed by atoms with E-state index in [-0.39, 0.29) is 11.5 Å². The van der Waals surface area contributed by atoms with E-state index in [2.05, 4.69) is 0 Å². The standard InChI is InChI=1S/C16H15N3O2/c1-18-13-8-7-10(9-14(13)19(2)16(18)21)15(20)11-5-3-4-6-12(11)17/h3-9H,17H2,1-2H3. The van der Waals surface area contributed by atoms with E-state index >= 15 is 0 Å². The summed E-state index contributed by atoms with van der Waals surface area (Å²) in [7, 11) is 3.40. The van der Waals surface area contributed by atoms with Crippen molar-refractivity contribution in [1.29, 1.82) is 0 Å². The summed E-state index contributed by atoms with van der Waals surface area (Å²) in [6, 6.07) is 12.2. The molecule has 0 aliphatic rings. The van der Waals surface area contributed by atoms with Crippen molar-refractivity contribution in [3.05, 3.63) is 64.1 Å². The first kappa shape index (κ1) is 13.2. The normalized spacial score (nSPS) is 11.0. The summed E-state index contributed by atoms with van der Waals surface area (Å²) < 4.78 is 3.08. The van der Waals surface area contributed by atoms with Crippen LogP contribution < -0.4 is 11.4 Å². The number of para-hydroxylation sites is 1. The molecule has 0 amide bonds. The number of nitrogens with zero attached hydrogens (tertiary/aromatic N) is 2. The van der Waals surface area contributed by atoms with E-state index in [0.29, 0.717) is 16.8 Å². The average molecular weight is 281 g/mol. The number of imidazole rings is 1. The van der Waals surface area contributed by atoms with E-state index in [1.807, 2.05) is 0 Å². The number of ketones is 1. The maximum Gasteiger partial charge on any atom is 0.328 e. The fourth-order valence-electron chi connectivity index (χ4n) is 2.51. The molecule has 0 atom stereocenters. The Morgan fingerprint density at radius 2 is 1.67 bits per heavy atom. The van der Waals surface area contributed by atoms with E-state index in [1.54, 1.807) is 61.1 Å². The number of carbonyl (C=O) groups excluding carboxylic acids is 1. The summed E-state index contributed by atoms with van der Waals surface area (Å²) in [6.07, 6.45) is 0. The summed E-state index contributed by atoms with van der Waals surface area (Å²) >= 11 is 0. The van der Waals surface area contributed by atoms with Crippen molar-refractivity contribution in [2.24, 2.45) is 14.1 Å². The molecule has 5 nitrogen and oxygen atoms in total. The summed E-state index contributed by atoms with van der Waals surface area (Å²) in [5.74, 6) is -0.147. The van der Waals surface area contributed by atoms with Gasteiger partial charge in [-0.2, -0.15) is 0 Å². The number of anilines is 1. The number of rotatable bonds is 2. The van der Waals surface area contributed by atoms with E-state index in [9.17, 15) is 9.59 Å². The van der Waals surface area contributed by atoms with Gasteiger partial charge in [0, 0.05) is 30.9 Å². The molecule has 0 saturated carbocycles. The van der Waals surface area contributed by atoms with Crippen LogP contribution in [0.2, 0.25) is 0 Å². The van der Waals surface area contributed by atoms with Crippen molar-refractivity contribution in [2.45, 2.75) is 0 Å². The fraction of sp³-hybridized carbons (Fsp3) is 0.125. The monoisotopic (exact) mass is 281 g/mol. The van der Waals surface area contributed by atoms with Gasteiger partial charge in [-0.1, -0.05) is 12.1 Å². The number of benzene rings is 2. The van der Waals surface area contributed by atoms with Gasteiger partial charge < -0.3 is 5.73 Å². The molecule has 21 heavy (non-hydrogen) atoms. The third kappa shape index (κ3) is 1.94. The van der Waals surface area contributed by atoms with Gasteiger partial charge in [-0.05, 0) is 30.3 Å². The molecule has 5 heteroatoms. The molecule has 0 fully saturated rings. The smallest absolute Gasteiger partial charge is 0.328 e. The minimum atomic E-state index is -0.147. The molecule has 0 spiro atoms. The molecule has 0 bridgehead atoms. The summed E-state index contributed by atoms with van der Waals surface area (Å²) in [6.45, 7) is 0. The predicted molar refractivity (Wildman–Crippen MR) is 82.4 cm³/mol. The Kier molecular flexibility index (Phi) is 2.90. The van der Waals surface area contributed by atoms with Crippen LogP contribution in [0.1, 0.15) is 15.9 Å². The third-order valence-electron chi connectivity index (χ3n) is 3.74. The summed E-state index contributed by atoms with van der Waals surface area (Å²) in [4.78, 5) is 24.5. The Bertz CT molecular complexity index is 919. The second-order valence-corrected chi connectivity index (χ2v) is 5.02. The Morgan fingerprint density at radius 1 is 1.00 bits per heavy atom. The van der Waals surface area contributed by atoms with Gasteiger partial charge in [0.15, 0.2) is 5.78 Å². The zero-order valence-corrected chi connectivity index (χ0v) is 11.8. The number of nitrogens with two attached hydrogens (primary N) is 1. The lowest BCUT2D eigenvalue weighted by molar-refractivity contribution is 0.103. The van der Waals surface area contributed by atoms with Crippen LogP contribution in [0.3, 0.4) is 0 Å². The first-order valence-corrected chi connectivity index (χ1v) is 6.55. The molecular weight excluding hydrogens is 266 g/mol. The van der Waals surface area contributed by atoms with Crippen molar-refractivity contribution >= 4 is 22.5 Å². The van der Waals surface area contributed by atoms with Crippen LogP contribution in [-0.4, -0.2) is 14.9 Å². The molecule has 3 aromatic rings. The Hall–Kier alpha value is -2.82. The third-order valence-corrected chi connectivity index (χ3v) is 3.74. The highest BCUT2D eigenvalue weighted by Crippen LogP contribution is 2.19. The van der Waals surface area contributed by atoms with Gasteiger partial charge in [0.05, 0.1) is 11.0 Å². The molecule has 3 rings (SSSR count). The number of aryl methyl sites for hydroxylation is 2. The topological polar surface area (TPSA) is 70.0 Å². The average Bonchev–Trinajstić information content (AvgIpc) is 2.71. The lowest BCUT2D eigenvalue weighted by Crippen LogP contribution is -2.19. The molecular formula is C16H15N3O2. The number of fused-ring (bicyclic) bond motifs is 1. The van der Waals surface area contributed by atoms with Gasteiger partial charge in [-0.25, -0.2) is 4.79 Å². The molecule has 1 heterocycles. The molecule has 2 N–H and O–H groups in total.